The lowest BCUT2D eigenvalue weighted by Gasteiger charge is -2.07. The number of carboxylic acids is 1. The van der Waals surface area contributed by atoms with Crippen molar-refractivity contribution >= 4 is 32.9 Å². The number of fused-ring (bicyclic) bond motifs is 1. The smallest absolute Gasteiger partial charge is 0.335 e. The van der Waals surface area contributed by atoms with Crippen LogP contribution in [-0.4, -0.2) is 20.6 Å². The number of aryl methyl sites for hydroxylation is 1. The maximum atomic E-state index is 11.0. The summed E-state index contributed by atoms with van der Waals surface area (Å²) in [5.74, 6) is -0.0661. The fourth-order valence-electron chi connectivity index (χ4n) is 2.40. The number of carbonyl (C=O) groups is 1. The highest BCUT2D eigenvalue weighted by molar-refractivity contribution is 9.10. The van der Waals surface area contributed by atoms with Gasteiger partial charge in [-0.1, -0.05) is 28.1 Å². The molecule has 0 spiro atoms. The molecule has 3 aromatic rings. The molecule has 0 saturated carbocycles. The van der Waals surface area contributed by atoms with Gasteiger partial charge in [0, 0.05) is 11.0 Å². The van der Waals surface area contributed by atoms with E-state index in [1.54, 1.807) is 12.1 Å². The zero-order chi connectivity index (χ0) is 15.0. The van der Waals surface area contributed by atoms with E-state index >= 15 is 0 Å². The minimum Gasteiger partial charge on any atom is -0.478 e. The van der Waals surface area contributed by atoms with E-state index in [1.807, 2.05) is 25.1 Å². The van der Waals surface area contributed by atoms with Crippen molar-refractivity contribution in [1.82, 2.24) is 9.55 Å². The number of benzene rings is 2. The van der Waals surface area contributed by atoms with Crippen LogP contribution in [0.4, 0.5) is 0 Å². The average Bonchev–Trinajstić information content (AvgIpc) is 2.74. The molecule has 2 aromatic carbocycles. The van der Waals surface area contributed by atoms with Crippen molar-refractivity contribution in [3.8, 4) is 0 Å². The topological polar surface area (TPSA) is 55.1 Å². The summed E-state index contributed by atoms with van der Waals surface area (Å²) in [6.45, 7) is 2.63. The predicted octanol–water partition coefficient (Wildman–Crippen LogP) is 3.85. The highest BCUT2D eigenvalue weighted by Crippen LogP contribution is 2.20. The van der Waals surface area contributed by atoms with E-state index in [9.17, 15) is 4.79 Å². The lowest BCUT2D eigenvalue weighted by molar-refractivity contribution is 0.0697. The van der Waals surface area contributed by atoms with E-state index < -0.39 is 5.97 Å². The first kappa shape index (κ1) is 13.8. The molecule has 1 heterocycles. The Morgan fingerprint density at radius 2 is 2.10 bits per heavy atom. The number of imidazole rings is 1. The Balaban J connectivity index is 2.06. The molecule has 0 aliphatic heterocycles. The van der Waals surface area contributed by atoms with Crippen LogP contribution < -0.4 is 0 Å². The zero-order valence-electron chi connectivity index (χ0n) is 11.4. The first-order valence-corrected chi connectivity index (χ1v) is 7.28. The van der Waals surface area contributed by atoms with Gasteiger partial charge in [-0.25, -0.2) is 9.78 Å². The van der Waals surface area contributed by atoms with Crippen LogP contribution >= 0.6 is 15.9 Å². The Bertz CT molecular complexity index is 839. The number of aromatic carboxylic acids is 1. The van der Waals surface area contributed by atoms with Crippen LogP contribution in [-0.2, 0) is 6.54 Å². The Hall–Kier alpha value is -2.14. The molecule has 1 aromatic heterocycles. The van der Waals surface area contributed by atoms with Crippen molar-refractivity contribution in [1.29, 1.82) is 0 Å². The number of aromatic nitrogens is 2. The van der Waals surface area contributed by atoms with Gasteiger partial charge in [-0.15, -0.1) is 0 Å². The van der Waals surface area contributed by atoms with Crippen molar-refractivity contribution in [3.05, 3.63) is 63.9 Å². The molecule has 0 saturated heterocycles. The molecule has 0 aliphatic carbocycles. The van der Waals surface area contributed by atoms with E-state index in [4.69, 9.17) is 5.11 Å². The summed E-state index contributed by atoms with van der Waals surface area (Å²) in [5, 5.41) is 9.05. The van der Waals surface area contributed by atoms with Crippen LogP contribution in [0.5, 0.6) is 0 Å². The van der Waals surface area contributed by atoms with Gasteiger partial charge in [0.15, 0.2) is 0 Å². The van der Waals surface area contributed by atoms with E-state index in [0.717, 1.165) is 21.4 Å². The lowest BCUT2D eigenvalue weighted by atomic mass is 10.2. The number of hydrogen-bond donors (Lipinski definition) is 1. The quantitative estimate of drug-likeness (QED) is 0.784. The van der Waals surface area contributed by atoms with Gasteiger partial charge in [0.2, 0.25) is 0 Å². The predicted molar refractivity (Wildman–Crippen MR) is 84.7 cm³/mol. The van der Waals surface area contributed by atoms with E-state index in [0.29, 0.717) is 12.1 Å². The van der Waals surface area contributed by atoms with E-state index in [2.05, 4.69) is 37.6 Å². The monoisotopic (exact) mass is 344 g/mol. The molecule has 0 bridgehead atoms. The van der Waals surface area contributed by atoms with Gasteiger partial charge in [-0.2, -0.15) is 0 Å². The molecule has 0 unspecified atom stereocenters. The fraction of sp³-hybridized carbons (Fsp3) is 0.125. The largest absolute Gasteiger partial charge is 0.478 e. The summed E-state index contributed by atoms with van der Waals surface area (Å²) in [6, 6.07) is 13.2. The highest BCUT2D eigenvalue weighted by atomic mass is 79.9. The van der Waals surface area contributed by atoms with E-state index in [1.165, 1.54) is 0 Å². The molecule has 0 fully saturated rings. The van der Waals surface area contributed by atoms with Crippen LogP contribution in [0.2, 0.25) is 0 Å². The Kier molecular flexibility index (Phi) is 3.51. The summed E-state index contributed by atoms with van der Waals surface area (Å²) < 4.78 is 3.12. The fourth-order valence-corrected chi connectivity index (χ4v) is 2.85. The number of halogens is 1. The second-order valence-corrected chi connectivity index (χ2v) is 5.80. The molecule has 0 radical (unpaired) electrons. The second kappa shape index (κ2) is 5.33. The molecular formula is C16H13BrN2O2. The van der Waals surface area contributed by atoms with Gasteiger partial charge < -0.3 is 9.67 Å². The second-order valence-electron chi connectivity index (χ2n) is 4.88. The first-order valence-electron chi connectivity index (χ1n) is 6.49. The minimum absolute atomic E-state index is 0.259. The third kappa shape index (κ3) is 2.69. The summed E-state index contributed by atoms with van der Waals surface area (Å²) >= 11 is 3.47. The third-order valence-corrected chi connectivity index (χ3v) is 3.91. The van der Waals surface area contributed by atoms with Gasteiger partial charge in [0.25, 0.3) is 0 Å². The summed E-state index contributed by atoms with van der Waals surface area (Å²) in [6.07, 6.45) is 0. The van der Waals surface area contributed by atoms with Crippen LogP contribution in [0.15, 0.2) is 46.9 Å². The Morgan fingerprint density at radius 1 is 1.29 bits per heavy atom. The molecule has 0 amide bonds. The Labute approximate surface area is 130 Å². The average molecular weight is 345 g/mol. The van der Waals surface area contributed by atoms with E-state index in [-0.39, 0.29) is 5.56 Å². The molecule has 5 heteroatoms. The van der Waals surface area contributed by atoms with Gasteiger partial charge >= 0.3 is 5.97 Å². The minimum atomic E-state index is -0.934. The lowest BCUT2D eigenvalue weighted by Crippen LogP contribution is -2.02. The maximum Gasteiger partial charge on any atom is 0.335 e. The van der Waals surface area contributed by atoms with Crippen molar-refractivity contribution in [2.45, 2.75) is 13.5 Å². The van der Waals surface area contributed by atoms with Crippen molar-refractivity contribution in [2.24, 2.45) is 0 Å². The maximum absolute atomic E-state index is 11.0. The van der Waals surface area contributed by atoms with Crippen LogP contribution in [0.1, 0.15) is 21.7 Å². The molecule has 4 nitrogen and oxygen atoms in total. The van der Waals surface area contributed by atoms with Gasteiger partial charge in [0.05, 0.1) is 16.6 Å². The number of carboxylic acid groups (broad SMARTS) is 1. The van der Waals surface area contributed by atoms with Crippen molar-refractivity contribution < 1.29 is 9.90 Å². The highest BCUT2D eigenvalue weighted by Gasteiger charge is 2.11. The van der Waals surface area contributed by atoms with Crippen LogP contribution in [0, 0.1) is 6.92 Å². The normalized spacial score (nSPS) is 11.0. The SMILES string of the molecule is Cc1nc2cc(C(=O)O)ccc2n1Cc1cccc(Br)c1. The number of nitrogens with zero attached hydrogens (tertiary/aromatic N) is 2. The van der Waals surface area contributed by atoms with Gasteiger partial charge in [-0.05, 0) is 42.8 Å². The zero-order valence-corrected chi connectivity index (χ0v) is 13.0. The number of rotatable bonds is 3. The first-order chi connectivity index (χ1) is 10.0. The Morgan fingerprint density at radius 3 is 2.81 bits per heavy atom. The summed E-state index contributed by atoms with van der Waals surface area (Å²) in [7, 11) is 0. The molecule has 106 valence electrons. The number of hydrogen-bond acceptors (Lipinski definition) is 2. The third-order valence-electron chi connectivity index (χ3n) is 3.42. The van der Waals surface area contributed by atoms with Gasteiger partial charge in [0.1, 0.15) is 5.82 Å². The standard InChI is InChI=1S/C16H13BrN2O2/c1-10-18-14-8-12(16(20)21)5-6-15(14)19(10)9-11-3-2-4-13(17)7-11/h2-8H,9H2,1H3,(H,20,21). The molecule has 3 rings (SSSR count). The van der Waals surface area contributed by atoms with Gasteiger partial charge in [-0.3, -0.25) is 0 Å². The molecule has 0 aliphatic rings. The summed E-state index contributed by atoms with van der Waals surface area (Å²) in [4.78, 5) is 15.5. The van der Waals surface area contributed by atoms with Crippen LogP contribution in [0.3, 0.4) is 0 Å². The van der Waals surface area contributed by atoms with Crippen molar-refractivity contribution in [3.63, 3.8) is 0 Å². The molecule has 1 N–H and O–H groups in total. The molecule has 0 atom stereocenters. The summed E-state index contributed by atoms with van der Waals surface area (Å²) in [5.41, 5.74) is 3.07. The van der Waals surface area contributed by atoms with Crippen LogP contribution in [0.25, 0.3) is 11.0 Å². The molecular weight excluding hydrogens is 332 g/mol. The molecule has 21 heavy (non-hydrogen) atoms. The van der Waals surface area contributed by atoms with Crippen molar-refractivity contribution in [2.75, 3.05) is 0 Å².